The lowest BCUT2D eigenvalue weighted by Gasteiger charge is -2.40. The first-order chi connectivity index (χ1) is 7.78. The van der Waals surface area contributed by atoms with Gasteiger partial charge in [-0.25, -0.2) is 0 Å². The second kappa shape index (κ2) is 5.15. The Morgan fingerprint density at radius 1 is 1.25 bits per heavy atom. The minimum Gasteiger partial charge on any atom is -0.340 e. The standard InChI is InChI=1S/C12H23N3O/c1-2-12(4-3-5-14-10-12)11(16)15-8-6-13-7-9-15/h13-14H,2-10H2,1H3. The summed E-state index contributed by atoms with van der Waals surface area (Å²) < 4.78 is 0. The average molecular weight is 225 g/mol. The number of amides is 1. The van der Waals surface area contributed by atoms with E-state index in [0.29, 0.717) is 5.91 Å². The van der Waals surface area contributed by atoms with Crippen molar-refractivity contribution in [3.63, 3.8) is 0 Å². The number of nitrogens with zero attached hydrogens (tertiary/aromatic N) is 1. The minimum absolute atomic E-state index is 0.115. The molecular weight excluding hydrogens is 202 g/mol. The Balaban J connectivity index is 2.04. The maximum Gasteiger partial charge on any atom is 0.230 e. The van der Waals surface area contributed by atoms with Gasteiger partial charge >= 0.3 is 0 Å². The summed E-state index contributed by atoms with van der Waals surface area (Å²) in [5.41, 5.74) is -0.115. The molecule has 1 amide bonds. The number of carbonyl (C=O) groups is 1. The number of piperazine rings is 1. The van der Waals surface area contributed by atoms with Gasteiger partial charge in [0.1, 0.15) is 0 Å². The summed E-state index contributed by atoms with van der Waals surface area (Å²) in [4.78, 5) is 14.6. The number of piperidine rings is 1. The van der Waals surface area contributed by atoms with Crippen molar-refractivity contribution < 1.29 is 4.79 Å². The second-order valence-electron chi connectivity index (χ2n) is 4.96. The molecule has 2 aliphatic heterocycles. The van der Waals surface area contributed by atoms with Gasteiger partial charge < -0.3 is 15.5 Å². The molecule has 4 nitrogen and oxygen atoms in total. The highest BCUT2D eigenvalue weighted by molar-refractivity contribution is 5.83. The molecule has 2 aliphatic rings. The summed E-state index contributed by atoms with van der Waals surface area (Å²) in [6, 6.07) is 0. The maximum atomic E-state index is 12.6. The van der Waals surface area contributed by atoms with Crippen molar-refractivity contribution in [2.24, 2.45) is 5.41 Å². The molecule has 2 rings (SSSR count). The molecule has 2 saturated heterocycles. The Morgan fingerprint density at radius 3 is 2.56 bits per heavy atom. The van der Waals surface area contributed by atoms with Crippen LogP contribution < -0.4 is 10.6 Å². The van der Waals surface area contributed by atoms with Crippen LogP contribution in [0, 0.1) is 5.41 Å². The van der Waals surface area contributed by atoms with Gasteiger partial charge in [-0.2, -0.15) is 0 Å². The van der Waals surface area contributed by atoms with Gasteiger partial charge in [0.15, 0.2) is 0 Å². The Labute approximate surface area is 97.8 Å². The van der Waals surface area contributed by atoms with E-state index in [9.17, 15) is 4.79 Å². The molecule has 0 spiro atoms. The molecular formula is C12H23N3O. The Kier molecular flexibility index (Phi) is 3.82. The molecule has 4 heteroatoms. The normalized spacial score (nSPS) is 31.4. The van der Waals surface area contributed by atoms with E-state index in [0.717, 1.165) is 58.5 Å². The summed E-state index contributed by atoms with van der Waals surface area (Å²) in [6.07, 6.45) is 3.15. The molecule has 16 heavy (non-hydrogen) atoms. The van der Waals surface area contributed by atoms with Crippen molar-refractivity contribution in [2.75, 3.05) is 39.3 Å². The van der Waals surface area contributed by atoms with Crippen LogP contribution in [-0.2, 0) is 4.79 Å². The van der Waals surface area contributed by atoms with Crippen LogP contribution in [0.5, 0.6) is 0 Å². The van der Waals surface area contributed by atoms with E-state index < -0.39 is 0 Å². The fourth-order valence-corrected chi connectivity index (χ4v) is 2.81. The highest BCUT2D eigenvalue weighted by Gasteiger charge is 2.40. The van der Waals surface area contributed by atoms with Gasteiger partial charge in [-0.3, -0.25) is 4.79 Å². The summed E-state index contributed by atoms with van der Waals surface area (Å²) in [5.74, 6) is 0.378. The number of hydrogen-bond acceptors (Lipinski definition) is 3. The Bertz CT molecular complexity index is 243. The Morgan fingerprint density at radius 2 is 2.00 bits per heavy atom. The molecule has 2 fully saturated rings. The highest BCUT2D eigenvalue weighted by Crippen LogP contribution is 2.32. The van der Waals surface area contributed by atoms with Gasteiger partial charge in [-0.1, -0.05) is 6.92 Å². The highest BCUT2D eigenvalue weighted by atomic mass is 16.2. The average Bonchev–Trinajstić information content (AvgIpc) is 2.39. The van der Waals surface area contributed by atoms with Crippen molar-refractivity contribution in [3.8, 4) is 0 Å². The van der Waals surface area contributed by atoms with E-state index in [1.807, 2.05) is 4.90 Å². The number of nitrogens with one attached hydrogen (secondary N) is 2. The molecule has 0 saturated carbocycles. The van der Waals surface area contributed by atoms with Crippen molar-refractivity contribution in [2.45, 2.75) is 26.2 Å². The molecule has 0 radical (unpaired) electrons. The molecule has 1 atom stereocenters. The lowest BCUT2D eigenvalue weighted by atomic mass is 9.77. The SMILES string of the molecule is CCC1(C(=O)N2CCNCC2)CCCNC1. The number of carbonyl (C=O) groups excluding carboxylic acids is 1. The molecule has 0 aromatic heterocycles. The molecule has 0 bridgehead atoms. The predicted molar refractivity (Wildman–Crippen MR) is 64.3 cm³/mol. The van der Waals surface area contributed by atoms with E-state index in [1.54, 1.807) is 0 Å². The topological polar surface area (TPSA) is 44.4 Å². The number of rotatable bonds is 2. The zero-order chi connectivity index (χ0) is 11.4. The summed E-state index contributed by atoms with van der Waals surface area (Å²) in [7, 11) is 0. The lowest BCUT2D eigenvalue weighted by molar-refractivity contribution is -0.144. The summed E-state index contributed by atoms with van der Waals surface area (Å²) in [5, 5.41) is 6.68. The van der Waals surface area contributed by atoms with Gasteiger partial charge in [0, 0.05) is 32.7 Å². The fraction of sp³-hybridized carbons (Fsp3) is 0.917. The van der Waals surface area contributed by atoms with E-state index >= 15 is 0 Å². The molecule has 1 unspecified atom stereocenters. The van der Waals surface area contributed by atoms with E-state index in [1.165, 1.54) is 0 Å². The van der Waals surface area contributed by atoms with Crippen molar-refractivity contribution >= 4 is 5.91 Å². The smallest absolute Gasteiger partial charge is 0.230 e. The molecule has 2 heterocycles. The van der Waals surface area contributed by atoms with Gasteiger partial charge in [-0.05, 0) is 25.8 Å². The van der Waals surface area contributed by atoms with Crippen LogP contribution in [0.3, 0.4) is 0 Å². The summed E-state index contributed by atoms with van der Waals surface area (Å²) >= 11 is 0. The molecule has 92 valence electrons. The van der Waals surface area contributed by atoms with Crippen LogP contribution in [0.4, 0.5) is 0 Å². The molecule has 0 aromatic rings. The zero-order valence-corrected chi connectivity index (χ0v) is 10.2. The first kappa shape index (κ1) is 11.9. The Hall–Kier alpha value is -0.610. The van der Waals surface area contributed by atoms with Crippen molar-refractivity contribution in [3.05, 3.63) is 0 Å². The first-order valence-electron chi connectivity index (χ1n) is 6.49. The van der Waals surface area contributed by atoms with Crippen molar-refractivity contribution in [1.82, 2.24) is 15.5 Å². The van der Waals surface area contributed by atoms with Gasteiger partial charge in [-0.15, -0.1) is 0 Å². The third kappa shape index (κ3) is 2.23. The molecule has 2 N–H and O–H groups in total. The third-order valence-corrected chi connectivity index (χ3v) is 4.01. The summed E-state index contributed by atoms with van der Waals surface area (Å²) in [6.45, 7) is 7.72. The second-order valence-corrected chi connectivity index (χ2v) is 4.96. The lowest BCUT2D eigenvalue weighted by Crippen LogP contribution is -2.55. The van der Waals surface area contributed by atoms with Crippen LogP contribution in [0.15, 0.2) is 0 Å². The largest absolute Gasteiger partial charge is 0.340 e. The predicted octanol–water partition coefficient (Wildman–Crippen LogP) is 0.198. The maximum absolute atomic E-state index is 12.6. The molecule has 0 aliphatic carbocycles. The van der Waals surface area contributed by atoms with Gasteiger partial charge in [0.2, 0.25) is 5.91 Å². The third-order valence-electron chi connectivity index (χ3n) is 4.01. The first-order valence-corrected chi connectivity index (χ1v) is 6.49. The molecule has 0 aromatic carbocycles. The van der Waals surface area contributed by atoms with E-state index in [-0.39, 0.29) is 5.41 Å². The van der Waals surface area contributed by atoms with Crippen molar-refractivity contribution in [1.29, 1.82) is 0 Å². The van der Waals surface area contributed by atoms with Crippen LogP contribution in [0.25, 0.3) is 0 Å². The fourth-order valence-electron chi connectivity index (χ4n) is 2.81. The van der Waals surface area contributed by atoms with Gasteiger partial charge in [0.05, 0.1) is 5.41 Å². The van der Waals surface area contributed by atoms with Crippen LogP contribution in [0.1, 0.15) is 26.2 Å². The van der Waals surface area contributed by atoms with E-state index in [2.05, 4.69) is 17.6 Å². The number of hydrogen-bond donors (Lipinski definition) is 2. The van der Waals surface area contributed by atoms with Crippen LogP contribution in [0.2, 0.25) is 0 Å². The van der Waals surface area contributed by atoms with Gasteiger partial charge in [0.25, 0.3) is 0 Å². The van der Waals surface area contributed by atoms with E-state index in [4.69, 9.17) is 0 Å². The van der Waals surface area contributed by atoms with Crippen LogP contribution >= 0.6 is 0 Å². The monoisotopic (exact) mass is 225 g/mol. The quantitative estimate of drug-likeness (QED) is 0.705. The van der Waals surface area contributed by atoms with Crippen LogP contribution in [-0.4, -0.2) is 50.1 Å². The minimum atomic E-state index is -0.115. The zero-order valence-electron chi connectivity index (χ0n) is 10.2.